The molecular formula is C18H23N3O3S. The van der Waals surface area contributed by atoms with Crippen molar-refractivity contribution >= 4 is 10.0 Å². The van der Waals surface area contributed by atoms with E-state index < -0.39 is 15.3 Å². The van der Waals surface area contributed by atoms with Crippen molar-refractivity contribution in [1.82, 2.24) is 14.1 Å². The summed E-state index contributed by atoms with van der Waals surface area (Å²) < 4.78 is 27.6. The zero-order chi connectivity index (χ0) is 18.0. The first kappa shape index (κ1) is 17.8. The van der Waals surface area contributed by atoms with E-state index in [2.05, 4.69) is 5.10 Å². The minimum absolute atomic E-state index is 0.0743. The molecule has 1 aromatic heterocycles. The third-order valence-corrected chi connectivity index (χ3v) is 6.90. The van der Waals surface area contributed by atoms with Crippen molar-refractivity contribution in [2.24, 2.45) is 0 Å². The molecule has 0 bridgehead atoms. The molecule has 25 heavy (non-hydrogen) atoms. The van der Waals surface area contributed by atoms with E-state index in [0.29, 0.717) is 25.9 Å². The fourth-order valence-electron chi connectivity index (χ4n) is 3.09. The Labute approximate surface area is 148 Å². The van der Waals surface area contributed by atoms with E-state index in [-0.39, 0.29) is 11.6 Å². The molecular weight excluding hydrogens is 338 g/mol. The van der Waals surface area contributed by atoms with E-state index in [1.807, 2.05) is 30.3 Å². The van der Waals surface area contributed by atoms with Gasteiger partial charge in [-0.25, -0.2) is 17.4 Å². The highest BCUT2D eigenvalue weighted by Gasteiger charge is 2.31. The van der Waals surface area contributed by atoms with Crippen LogP contribution in [0.15, 0.2) is 47.3 Å². The highest BCUT2D eigenvalue weighted by molar-refractivity contribution is 7.89. The SMILES string of the molecule is CC(C)S(=O)(=O)N1CCC(n2nc(-c3ccccc3)ccc2=O)CC1. The molecule has 1 fully saturated rings. The van der Waals surface area contributed by atoms with Crippen LogP contribution in [0.25, 0.3) is 11.3 Å². The van der Waals surface area contributed by atoms with Gasteiger partial charge in [-0.2, -0.15) is 5.10 Å². The van der Waals surface area contributed by atoms with Crippen molar-refractivity contribution < 1.29 is 8.42 Å². The summed E-state index contributed by atoms with van der Waals surface area (Å²) in [6.07, 6.45) is 1.19. The van der Waals surface area contributed by atoms with Gasteiger partial charge in [0.1, 0.15) is 0 Å². The Morgan fingerprint density at radius 3 is 2.28 bits per heavy atom. The van der Waals surface area contributed by atoms with Crippen LogP contribution in [0.1, 0.15) is 32.7 Å². The van der Waals surface area contributed by atoms with Crippen LogP contribution in [0.3, 0.4) is 0 Å². The van der Waals surface area contributed by atoms with Crippen LogP contribution in [-0.4, -0.2) is 40.8 Å². The van der Waals surface area contributed by atoms with Gasteiger partial charge in [0, 0.05) is 24.7 Å². The van der Waals surface area contributed by atoms with E-state index in [0.717, 1.165) is 11.3 Å². The zero-order valence-electron chi connectivity index (χ0n) is 14.5. The first-order valence-electron chi connectivity index (χ1n) is 8.54. The normalized spacial score (nSPS) is 17.1. The van der Waals surface area contributed by atoms with Gasteiger partial charge < -0.3 is 0 Å². The van der Waals surface area contributed by atoms with Gasteiger partial charge in [-0.1, -0.05) is 30.3 Å². The average molecular weight is 361 g/mol. The summed E-state index contributed by atoms with van der Waals surface area (Å²) in [6.45, 7) is 4.23. The van der Waals surface area contributed by atoms with Gasteiger partial charge in [-0.3, -0.25) is 4.79 Å². The van der Waals surface area contributed by atoms with Crippen molar-refractivity contribution in [3.8, 4) is 11.3 Å². The second-order valence-electron chi connectivity index (χ2n) is 6.59. The lowest BCUT2D eigenvalue weighted by molar-refractivity contribution is 0.254. The number of sulfonamides is 1. The Morgan fingerprint density at radius 1 is 1.04 bits per heavy atom. The van der Waals surface area contributed by atoms with Gasteiger partial charge in [0.15, 0.2) is 0 Å². The Bertz CT molecular complexity index is 883. The number of benzene rings is 1. The summed E-state index contributed by atoms with van der Waals surface area (Å²) in [5, 5.41) is 4.10. The highest BCUT2D eigenvalue weighted by atomic mass is 32.2. The molecule has 134 valence electrons. The van der Waals surface area contributed by atoms with Crippen molar-refractivity contribution in [3.05, 3.63) is 52.8 Å². The number of hydrogen-bond donors (Lipinski definition) is 0. The number of nitrogens with zero attached hydrogens (tertiary/aromatic N) is 3. The van der Waals surface area contributed by atoms with Crippen LogP contribution in [0, 0.1) is 0 Å². The number of aromatic nitrogens is 2. The monoisotopic (exact) mass is 361 g/mol. The summed E-state index contributed by atoms with van der Waals surface area (Å²) in [4.78, 5) is 12.3. The highest BCUT2D eigenvalue weighted by Crippen LogP contribution is 2.24. The molecule has 0 saturated carbocycles. The van der Waals surface area contributed by atoms with Crippen LogP contribution in [0.2, 0.25) is 0 Å². The minimum atomic E-state index is -3.24. The van der Waals surface area contributed by atoms with Crippen molar-refractivity contribution in [2.45, 2.75) is 38.0 Å². The van der Waals surface area contributed by atoms with Crippen LogP contribution < -0.4 is 5.56 Å². The van der Waals surface area contributed by atoms with E-state index in [1.54, 1.807) is 19.9 Å². The first-order valence-corrected chi connectivity index (χ1v) is 10.0. The van der Waals surface area contributed by atoms with Gasteiger partial charge in [-0.05, 0) is 32.8 Å². The van der Waals surface area contributed by atoms with Gasteiger partial charge in [0.2, 0.25) is 10.0 Å². The summed E-state index contributed by atoms with van der Waals surface area (Å²) >= 11 is 0. The fourth-order valence-corrected chi connectivity index (χ4v) is 4.41. The molecule has 1 saturated heterocycles. The van der Waals surface area contributed by atoms with Crippen LogP contribution >= 0.6 is 0 Å². The van der Waals surface area contributed by atoms with Crippen LogP contribution in [-0.2, 0) is 10.0 Å². The lowest BCUT2D eigenvalue weighted by Gasteiger charge is -2.32. The summed E-state index contributed by atoms with van der Waals surface area (Å²) in [5.74, 6) is 0. The van der Waals surface area contributed by atoms with Crippen molar-refractivity contribution in [3.63, 3.8) is 0 Å². The van der Waals surface area contributed by atoms with E-state index in [1.165, 1.54) is 15.1 Å². The second-order valence-corrected chi connectivity index (χ2v) is 9.08. The molecule has 0 N–H and O–H groups in total. The number of piperidine rings is 1. The van der Waals surface area contributed by atoms with Gasteiger partial charge in [0.25, 0.3) is 5.56 Å². The van der Waals surface area contributed by atoms with Gasteiger partial charge >= 0.3 is 0 Å². The molecule has 0 amide bonds. The summed E-state index contributed by atoms with van der Waals surface area (Å²) in [5.41, 5.74) is 1.55. The molecule has 1 aliphatic heterocycles. The molecule has 0 radical (unpaired) electrons. The van der Waals surface area contributed by atoms with Crippen molar-refractivity contribution in [1.29, 1.82) is 0 Å². The molecule has 0 aliphatic carbocycles. The zero-order valence-corrected chi connectivity index (χ0v) is 15.3. The fraction of sp³-hybridized carbons (Fsp3) is 0.444. The molecule has 0 atom stereocenters. The maximum Gasteiger partial charge on any atom is 0.267 e. The molecule has 1 aromatic carbocycles. The quantitative estimate of drug-likeness (QED) is 0.837. The second kappa shape index (κ2) is 7.09. The third kappa shape index (κ3) is 3.67. The average Bonchev–Trinajstić information content (AvgIpc) is 2.63. The molecule has 0 spiro atoms. The third-order valence-electron chi connectivity index (χ3n) is 4.62. The Balaban J connectivity index is 1.81. The van der Waals surface area contributed by atoms with Crippen molar-refractivity contribution in [2.75, 3.05) is 13.1 Å². The predicted octanol–water partition coefficient (Wildman–Crippen LogP) is 2.29. The molecule has 2 heterocycles. The first-order chi connectivity index (χ1) is 11.9. The molecule has 7 heteroatoms. The van der Waals surface area contributed by atoms with Crippen LogP contribution in [0.5, 0.6) is 0 Å². The van der Waals surface area contributed by atoms with Crippen LogP contribution in [0.4, 0.5) is 0 Å². The Hall–Kier alpha value is -1.99. The largest absolute Gasteiger partial charge is 0.268 e. The van der Waals surface area contributed by atoms with Gasteiger partial charge in [-0.15, -0.1) is 0 Å². The van der Waals surface area contributed by atoms with E-state index in [9.17, 15) is 13.2 Å². The Kier molecular flexibility index (Phi) is 5.06. The maximum atomic E-state index is 12.3. The maximum absolute atomic E-state index is 12.3. The minimum Gasteiger partial charge on any atom is -0.268 e. The number of hydrogen-bond acceptors (Lipinski definition) is 4. The molecule has 1 aliphatic rings. The molecule has 0 unspecified atom stereocenters. The number of rotatable bonds is 4. The topological polar surface area (TPSA) is 72.3 Å². The summed E-state index contributed by atoms with van der Waals surface area (Å²) in [7, 11) is -3.24. The predicted molar refractivity (Wildman–Crippen MR) is 97.8 cm³/mol. The summed E-state index contributed by atoms with van der Waals surface area (Å²) in [6, 6.07) is 12.9. The standard InChI is InChI=1S/C18H23N3O3S/c1-14(2)25(23,24)20-12-10-16(11-13-20)21-18(22)9-8-17(19-21)15-6-4-3-5-7-15/h3-9,14,16H,10-13H2,1-2H3. The van der Waals surface area contributed by atoms with Gasteiger partial charge in [0.05, 0.1) is 17.0 Å². The Morgan fingerprint density at radius 2 is 1.68 bits per heavy atom. The molecule has 2 aromatic rings. The smallest absolute Gasteiger partial charge is 0.267 e. The lowest BCUT2D eigenvalue weighted by Crippen LogP contribution is -2.43. The van der Waals surface area contributed by atoms with E-state index in [4.69, 9.17) is 0 Å². The molecule has 3 rings (SSSR count). The van der Waals surface area contributed by atoms with E-state index >= 15 is 0 Å². The molecule has 6 nitrogen and oxygen atoms in total. The lowest BCUT2D eigenvalue weighted by atomic mass is 10.1.